The van der Waals surface area contributed by atoms with E-state index in [2.05, 4.69) is 42.2 Å². The van der Waals surface area contributed by atoms with Gasteiger partial charge in [-0.1, -0.05) is 112 Å². The Morgan fingerprint density at radius 3 is 1.66 bits per heavy atom. The molecule has 22 nitrogen and oxygen atoms in total. The third-order valence-electron chi connectivity index (χ3n) is 11.6. The molecule has 11 N–H and O–H groups in total. The number of aromatic nitrogens is 1. The van der Waals surface area contributed by atoms with Crippen LogP contribution in [0.1, 0.15) is 88.0 Å². The largest absolute Gasteiger partial charge is 1.00 e. The van der Waals surface area contributed by atoms with Gasteiger partial charge in [0.25, 0.3) is 0 Å². The third-order valence-corrected chi connectivity index (χ3v) is 12.3. The van der Waals surface area contributed by atoms with Crippen LogP contribution in [-0.4, -0.2) is 119 Å². The van der Waals surface area contributed by atoms with Gasteiger partial charge in [-0.3, -0.25) is 43.2 Å². The second kappa shape index (κ2) is 30.5. The molecule has 0 saturated carbocycles. The van der Waals surface area contributed by atoms with Crippen molar-refractivity contribution in [3.05, 3.63) is 107 Å². The average molecular weight is 1050 g/mol. The number of primary amides is 1. The summed E-state index contributed by atoms with van der Waals surface area (Å²) in [5.74, 6) is -8.70. The molecule has 0 saturated heterocycles. The number of nitrogens with two attached hydrogens (primary N) is 1. The van der Waals surface area contributed by atoms with Crippen LogP contribution in [-0.2, 0) is 78.3 Å². The predicted molar refractivity (Wildman–Crippen MR) is 266 cm³/mol. The molecule has 0 spiro atoms. The maximum absolute atomic E-state index is 14.3. The first-order chi connectivity index (χ1) is 34.7. The van der Waals surface area contributed by atoms with E-state index in [1.807, 2.05) is 19.9 Å². The zero-order chi connectivity index (χ0) is 53.7. The Morgan fingerprint density at radius 1 is 0.608 bits per heavy atom. The Kier molecular flexibility index (Phi) is 25.4. The van der Waals surface area contributed by atoms with Crippen LogP contribution in [0.4, 0.5) is 0 Å². The second-order valence-electron chi connectivity index (χ2n) is 17.6. The number of para-hydroxylation sites is 1. The Balaban J connectivity index is 0.0000144. The van der Waals surface area contributed by atoms with Gasteiger partial charge in [0.1, 0.15) is 36.3 Å². The number of fused-ring (bicyclic) bond motifs is 1. The van der Waals surface area contributed by atoms with Crippen molar-refractivity contribution >= 4 is 74.2 Å². The van der Waals surface area contributed by atoms with Crippen LogP contribution in [0.5, 0.6) is 0 Å². The van der Waals surface area contributed by atoms with Gasteiger partial charge in [0.05, 0.1) is 28.8 Å². The molecule has 1 heterocycles. The molecule has 3 aromatic carbocycles. The Morgan fingerprint density at radius 2 is 1.09 bits per heavy atom. The number of carbonyl (C=O) groups is 9. The maximum Gasteiger partial charge on any atom is 1.00 e. The molecule has 0 aliphatic heterocycles. The van der Waals surface area contributed by atoms with Gasteiger partial charge in [0.15, 0.2) is 0 Å². The number of unbranched alkanes of at least 4 members (excludes halogenated alkanes) is 2. The van der Waals surface area contributed by atoms with E-state index in [0.29, 0.717) is 42.4 Å². The van der Waals surface area contributed by atoms with Crippen LogP contribution in [0.15, 0.2) is 85.1 Å². The number of H-pyrrole nitrogens is 1. The summed E-state index contributed by atoms with van der Waals surface area (Å²) in [6, 6.07) is 13.6. The SMILES string of the molecule is CCCC[C@H](NC(=O)[C@H](Cc1ccc(CS(=O)(=O)[O-])cc1)NC(C)=O)C(=O)NCC(=O)N[C@@H](Cc1c[nH]c2ccccc12)C(=O)N[C@@H](CCCC)C(=O)N[C@@H](CC(=O)O)C(=O)N[C@@H](Cc1ccccc1)C(N)=O.[Na+]. The first-order valence-electron chi connectivity index (χ1n) is 23.8. The number of carbonyl (C=O) groups excluding carboxylic acids is 8. The Bertz CT molecular complexity index is 2690. The second-order valence-corrected chi connectivity index (χ2v) is 19.0. The molecular formula is C50H64N9NaO13S. The molecule has 0 fully saturated rings. The fourth-order valence-corrected chi connectivity index (χ4v) is 8.43. The number of aliphatic carboxylic acids is 1. The van der Waals surface area contributed by atoms with Crippen molar-refractivity contribution in [1.82, 2.24) is 42.2 Å². The van der Waals surface area contributed by atoms with Crippen molar-refractivity contribution in [2.24, 2.45) is 5.73 Å². The van der Waals surface area contributed by atoms with Gasteiger partial charge in [-0.25, -0.2) is 8.42 Å². The van der Waals surface area contributed by atoms with Crippen molar-refractivity contribution in [2.75, 3.05) is 6.54 Å². The first kappa shape index (κ1) is 61.6. The quantitative estimate of drug-likeness (QED) is 0.0193. The zero-order valence-electron chi connectivity index (χ0n) is 41.9. The van der Waals surface area contributed by atoms with Gasteiger partial charge in [-0.2, -0.15) is 0 Å². The van der Waals surface area contributed by atoms with E-state index < -0.39 is 118 Å². The van der Waals surface area contributed by atoms with E-state index in [4.69, 9.17) is 5.73 Å². The number of carboxylic acids is 1. The standard InChI is InChI=1S/C50H65N9O13S.Na/c1-4-6-16-37(56-48(67)40(54-30(3)60)24-32-19-21-33(22-20-32)29-73(70,71)72)46(65)53-28-43(61)55-41(25-34-27-52-36-18-12-11-15-35(34)36)49(68)57-38(17-7-5-2)47(66)59-42(26-44(62)63)50(69)58-39(45(51)64)23-31-13-9-8-10-14-31;/h8-15,18-22,27,37-42,52H,4-7,16-17,23-26,28-29H2,1-3H3,(H2,51,64)(H,53,65)(H,54,60)(H,55,61)(H,56,67)(H,57,68)(H,58,69)(H,59,66)(H,62,63)(H,70,71,72);/q;+1/p-1/t37-,38-,39-,40-,41-,42-;/m0./s1. The monoisotopic (exact) mass is 1050 g/mol. The number of hydrogen-bond acceptors (Lipinski definition) is 12. The summed E-state index contributed by atoms with van der Waals surface area (Å²) < 4.78 is 33.6. The molecule has 4 rings (SSSR count). The Hall–Kier alpha value is -6.66. The van der Waals surface area contributed by atoms with Gasteiger partial charge in [0.2, 0.25) is 47.3 Å². The van der Waals surface area contributed by atoms with Crippen molar-refractivity contribution in [3.63, 3.8) is 0 Å². The minimum Gasteiger partial charge on any atom is -0.748 e. The van der Waals surface area contributed by atoms with Crippen molar-refractivity contribution in [2.45, 2.75) is 127 Å². The molecule has 74 heavy (non-hydrogen) atoms. The third kappa shape index (κ3) is 21.1. The molecular weight excluding hydrogens is 990 g/mol. The van der Waals surface area contributed by atoms with E-state index in [0.717, 1.165) is 10.9 Å². The fourth-order valence-electron chi connectivity index (χ4n) is 7.83. The van der Waals surface area contributed by atoms with Crippen LogP contribution in [0.2, 0.25) is 0 Å². The molecule has 0 aliphatic carbocycles. The smallest absolute Gasteiger partial charge is 0.748 e. The minimum absolute atomic E-state index is 0. The fraction of sp³-hybridized carbons (Fsp3) is 0.420. The van der Waals surface area contributed by atoms with E-state index in [1.54, 1.807) is 54.7 Å². The molecule has 0 bridgehead atoms. The molecule has 1 aromatic heterocycles. The number of nitrogens with one attached hydrogen (secondary N) is 8. The maximum atomic E-state index is 14.3. The van der Waals surface area contributed by atoms with Gasteiger partial charge >= 0.3 is 35.5 Å². The molecule has 8 amide bonds. The molecule has 24 heteroatoms. The normalized spacial score (nSPS) is 13.5. The summed E-state index contributed by atoms with van der Waals surface area (Å²) in [5, 5.41) is 28.3. The Labute approximate surface area is 451 Å². The van der Waals surface area contributed by atoms with Crippen LogP contribution in [0, 0.1) is 0 Å². The van der Waals surface area contributed by atoms with Gasteiger partial charge in [-0.05, 0) is 41.2 Å². The molecule has 4 aromatic rings. The summed E-state index contributed by atoms with van der Waals surface area (Å²) in [5.41, 5.74) is 8.30. The number of rotatable bonds is 30. The van der Waals surface area contributed by atoms with E-state index >= 15 is 0 Å². The summed E-state index contributed by atoms with van der Waals surface area (Å²) in [4.78, 5) is 122. The van der Waals surface area contributed by atoms with Gasteiger partial charge in [0, 0.05) is 43.3 Å². The number of benzene rings is 3. The minimum atomic E-state index is -4.54. The molecule has 394 valence electrons. The van der Waals surface area contributed by atoms with Crippen molar-refractivity contribution < 1.29 is 90.8 Å². The predicted octanol–water partition coefficient (Wildman–Crippen LogP) is -2.37. The zero-order valence-corrected chi connectivity index (χ0v) is 44.7. The van der Waals surface area contributed by atoms with Crippen molar-refractivity contribution in [3.8, 4) is 0 Å². The van der Waals surface area contributed by atoms with Gasteiger partial charge < -0.3 is 57.6 Å². The molecule has 0 unspecified atom stereocenters. The van der Waals surface area contributed by atoms with Crippen molar-refractivity contribution in [1.29, 1.82) is 0 Å². The van der Waals surface area contributed by atoms with Crippen LogP contribution in [0.3, 0.4) is 0 Å². The molecule has 6 atom stereocenters. The van der Waals surface area contributed by atoms with Crippen LogP contribution >= 0.6 is 0 Å². The number of amides is 8. The summed E-state index contributed by atoms with van der Waals surface area (Å²) in [6.45, 7) is 4.23. The van der Waals surface area contributed by atoms with E-state index in [9.17, 15) is 61.2 Å². The van der Waals surface area contributed by atoms with Crippen LogP contribution in [0.25, 0.3) is 10.9 Å². The number of hydrogen-bond donors (Lipinski definition) is 10. The molecule has 0 radical (unpaired) electrons. The topological polar surface area (TPSA) is 357 Å². The number of aromatic amines is 1. The average Bonchev–Trinajstić information content (AvgIpc) is 3.74. The van der Waals surface area contributed by atoms with E-state index in [1.165, 1.54) is 31.2 Å². The van der Waals surface area contributed by atoms with E-state index in [-0.39, 0.29) is 67.2 Å². The van der Waals surface area contributed by atoms with Gasteiger partial charge in [-0.15, -0.1) is 0 Å². The summed E-state index contributed by atoms with van der Waals surface area (Å²) >= 11 is 0. The summed E-state index contributed by atoms with van der Waals surface area (Å²) in [6.07, 6.45) is 2.81. The first-order valence-corrected chi connectivity index (χ1v) is 25.4. The number of carboxylic acid groups (broad SMARTS) is 1. The van der Waals surface area contributed by atoms with Crippen LogP contribution < -0.4 is 72.5 Å². The summed E-state index contributed by atoms with van der Waals surface area (Å²) in [7, 11) is -4.54. The molecule has 0 aliphatic rings.